The first-order chi connectivity index (χ1) is 11.6. The summed E-state index contributed by atoms with van der Waals surface area (Å²) in [5, 5.41) is 2.95. The van der Waals surface area contributed by atoms with Crippen LogP contribution in [-0.4, -0.2) is 29.0 Å². The predicted molar refractivity (Wildman–Crippen MR) is 95.2 cm³/mol. The van der Waals surface area contributed by atoms with Crippen molar-refractivity contribution in [2.45, 2.75) is 39.2 Å². The van der Waals surface area contributed by atoms with Gasteiger partial charge >= 0.3 is 0 Å². The standard InChI is InChI=1S/C19H24N4O/c1-14(2)16-12-17(22-19(21-16)23-10-6-7-11-23)18(24)20-13-15-8-4-3-5-9-15/h3-5,8-9,12,14H,6-7,10-11,13H2,1-2H3,(H,20,24). The van der Waals surface area contributed by atoms with Crippen LogP contribution in [0.15, 0.2) is 36.4 Å². The third-order valence-corrected chi connectivity index (χ3v) is 4.24. The molecule has 24 heavy (non-hydrogen) atoms. The fourth-order valence-electron chi connectivity index (χ4n) is 2.79. The number of hydrogen-bond donors (Lipinski definition) is 1. The van der Waals surface area contributed by atoms with Gasteiger partial charge in [0.05, 0.1) is 0 Å². The number of benzene rings is 1. The number of nitrogens with zero attached hydrogens (tertiary/aromatic N) is 3. The average Bonchev–Trinajstić information content (AvgIpc) is 3.15. The normalized spacial score (nSPS) is 14.2. The Hall–Kier alpha value is -2.43. The Bertz CT molecular complexity index is 694. The summed E-state index contributed by atoms with van der Waals surface area (Å²) in [4.78, 5) is 23.9. The lowest BCUT2D eigenvalue weighted by atomic mass is 10.1. The number of aromatic nitrogens is 2. The number of nitrogens with one attached hydrogen (secondary N) is 1. The van der Waals surface area contributed by atoms with Crippen LogP contribution in [0.25, 0.3) is 0 Å². The first-order valence-electron chi connectivity index (χ1n) is 8.59. The number of hydrogen-bond acceptors (Lipinski definition) is 4. The molecule has 2 aromatic rings. The molecule has 2 heterocycles. The van der Waals surface area contributed by atoms with E-state index in [1.807, 2.05) is 36.4 Å². The minimum absolute atomic E-state index is 0.149. The molecule has 0 unspecified atom stereocenters. The van der Waals surface area contributed by atoms with Crippen LogP contribution in [0, 0.1) is 0 Å². The number of rotatable bonds is 5. The van der Waals surface area contributed by atoms with E-state index in [0.29, 0.717) is 18.2 Å². The van der Waals surface area contributed by atoms with Crippen LogP contribution in [-0.2, 0) is 6.54 Å². The maximum absolute atomic E-state index is 12.5. The zero-order valence-corrected chi connectivity index (χ0v) is 14.3. The molecule has 1 aromatic heterocycles. The van der Waals surface area contributed by atoms with Crippen molar-refractivity contribution in [2.75, 3.05) is 18.0 Å². The van der Waals surface area contributed by atoms with E-state index in [9.17, 15) is 4.79 Å². The van der Waals surface area contributed by atoms with Gasteiger partial charge in [-0.05, 0) is 30.4 Å². The fraction of sp³-hybridized carbons (Fsp3) is 0.421. The largest absolute Gasteiger partial charge is 0.347 e. The number of carbonyl (C=O) groups is 1. The highest BCUT2D eigenvalue weighted by Crippen LogP contribution is 2.20. The van der Waals surface area contributed by atoms with Gasteiger partial charge in [-0.15, -0.1) is 0 Å². The highest BCUT2D eigenvalue weighted by atomic mass is 16.1. The maximum atomic E-state index is 12.5. The number of amides is 1. The van der Waals surface area contributed by atoms with Crippen LogP contribution in [0.1, 0.15) is 54.4 Å². The van der Waals surface area contributed by atoms with Crippen molar-refractivity contribution in [1.82, 2.24) is 15.3 Å². The molecule has 3 rings (SSSR count). The van der Waals surface area contributed by atoms with E-state index in [2.05, 4.69) is 34.0 Å². The van der Waals surface area contributed by atoms with Crippen molar-refractivity contribution in [3.05, 3.63) is 53.3 Å². The predicted octanol–water partition coefficient (Wildman–Crippen LogP) is 3.13. The van der Waals surface area contributed by atoms with Crippen LogP contribution in [0.2, 0.25) is 0 Å². The van der Waals surface area contributed by atoms with Crippen molar-refractivity contribution >= 4 is 11.9 Å². The highest BCUT2D eigenvalue weighted by molar-refractivity contribution is 5.92. The fourth-order valence-corrected chi connectivity index (χ4v) is 2.79. The molecule has 1 aliphatic rings. The van der Waals surface area contributed by atoms with E-state index in [1.54, 1.807) is 0 Å². The molecule has 1 N–H and O–H groups in total. The van der Waals surface area contributed by atoms with E-state index in [1.165, 1.54) is 0 Å². The maximum Gasteiger partial charge on any atom is 0.270 e. The van der Waals surface area contributed by atoms with Gasteiger partial charge in [0.15, 0.2) is 0 Å². The SMILES string of the molecule is CC(C)c1cc(C(=O)NCc2ccccc2)nc(N2CCCC2)n1. The molecule has 126 valence electrons. The summed E-state index contributed by atoms with van der Waals surface area (Å²) in [6.07, 6.45) is 2.32. The molecule has 1 aliphatic heterocycles. The molecule has 5 heteroatoms. The van der Waals surface area contributed by atoms with Gasteiger partial charge in [-0.3, -0.25) is 4.79 Å². The first kappa shape index (κ1) is 16.4. The highest BCUT2D eigenvalue weighted by Gasteiger charge is 2.19. The molecule has 0 aliphatic carbocycles. The summed E-state index contributed by atoms with van der Waals surface area (Å²) < 4.78 is 0. The van der Waals surface area contributed by atoms with Gasteiger partial charge in [0.2, 0.25) is 5.95 Å². The Morgan fingerprint density at radius 2 is 1.88 bits per heavy atom. The van der Waals surface area contributed by atoms with Crippen LogP contribution in [0.3, 0.4) is 0 Å². The number of anilines is 1. The minimum Gasteiger partial charge on any atom is -0.347 e. The molecule has 1 amide bonds. The van der Waals surface area contributed by atoms with Crippen LogP contribution in [0.5, 0.6) is 0 Å². The molecule has 0 bridgehead atoms. The van der Waals surface area contributed by atoms with E-state index in [-0.39, 0.29) is 11.8 Å². The Morgan fingerprint density at radius 3 is 2.54 bits per heavy atom. The monoisotopic (exact) mass is 324 g/mol. The van der Waals surface area contributed by atoms with E-state index in [0.717, 1.165) is 37.2 Å². The lowest BCUT2D eigenvalue weighted by molar-refractivity contribution is 0.0945. The molecular formula is C19H24N4O. The summed E-state index contributed by atoms with van der Waals surface area (Å²) in [5.74, 6) is 0.794. The summed E-state index contributed by atoms with van der Waals surface area (Å²) in [7, 11) is 0. The molecule has 0 atom stereocenters. The van der Waals surface area contributed by atoms with Gasteiger partial charge < -0.3 is 10.2 Å². The third-order valence-electron chi connectivity index (χ3n) is 4.24. The van der Waals surface area contributed by atoms with Crippen molar-refractivity contribution in [3.8, 4) is 0 Å². The van der Waals surface area contributed by atoms with Crippen molar-refractivity contribution in [3.63, 3.8) is 0 Å². The Balaban J connectivity index is 1.78. The Kier molecular flexibility index (Phi) is 5.08. The van der Waals surface area contributed by atoms with Crippen LogP contribution < -0.4 is 10.2 Å². The second-order valence-electron chi connectivity index (χ2n) is 6.50. The van der Waals surface area contributed by atoms with Crippen LogP contribution >= 0.6 is 0 Å². The van der Waals surface area contributed by atoms with E-state index < -0.39 is 0 Å². The average molecular weight is 324 g/mol. The second kappa shape index (κ2) is 7.43. The second-order valence-corrected chi connectivity index (χ2v) is 6.50. The molecule has 0 radical (unpaired) electrons. The van der Waals surface area contributed by atoms with Gasteiger partial charge in [-0.25, -0.2) is 9.97 Å². The topological polar surface area (TPSA) is 58.1 Å². The summed E-state index contributed by atoms with van der Waals surface area (Å²) in [6, 6.07) is 11.7. The van der Waals surface area contributed by atoms with Crippen LogP contribution in [0.4, 0.5) is 5.95 Å². The lowest BCUT2D eigenvalue weighted by Crippen LogP contribution is -2.27. The Labute approximate surface area is 143 Å². The summed E-state index contributed by atoms with van der Waals surface area (Å²) in [6.45, 7) is 6.60. The third kappa shape index (κ3) is 3.91. The molecular weight excluding hydrogens is 300 g/mol. The quantitative estimate of drug-likeness (QED) is 0.918. The van der Waals surface area contributed by atoms with Gasteiger partial charge in [-0.1, -0.05) is 44.2 Å². The summed E-state index contributed by atoms with van der Waals surface area (Å²) >= 11 is 0. The molecule has 5 nitrogen and oxygen atoms in total. The zero-order chi connectivity index (χ0) is 16.9. The lowest BCUT2D eigenvalue weighted by Gasteiger charge is -2.18. The number of carbonyl (C=O) groups excluding carboxylic acids is 1. The smallest absolute Gasteiger partial charge is 0.270 e. The molecule has 0 saturated carbocycles. The van der Waals surface area contributed by atoms with Crippen molar-refractivity contribution in [1.29, 1.82) is 0 Å². The molecule has 1 saturated heterocycles. The molecule has 1 fully saturated rings. The van der Waals surface area contributed by atoms with Gasteiger partial charge in [0.25, 0.3) is 5.91 Å². The molecule has 1 aromatic carbocycles. The zero-order valence-electron chi connectivity index (χ0n) is 14.3. The summed E-state index contributed by atoms with van der Waals surface area (Å²) in [5.41, 5.74) is 2.44. The van der Waals surface area contributed by atoms with Gasteiger partial charge in [0, 0.05) is 25.3 Å². The van der Waals surface area contributed by atoms with E-state index in [4.69, 9.17) is 0 Å². The van der Waals surface area contributed by atoms with Crippen molar-refractivity contribution < 1.29 is 4.79 Å². The van der Waals surface area contributed by atoms with Gasteiger partial charge in [0.1, 0.15) is 5.69 Å². The van der Waals surface area contributed by atoms with Gasteiger partial charge in [-0.2, -0.15) is 0 Å². The van der Waals surface area contributed by atoms with Crippen molar-refractivity contribution in [2.24, 2.45) is 0 Å². The van der Waals surface area contributed by atoms with E-state index >= 15 is 0 Å². The first-order valence-corrected chi connectivity index (χ1v) is 8.59. The minimum atomic E-state index is -0.149. The molecule has 0 spiro atoms. The Morgan fingerprint density at radius 1 is 1.17 bits per heavy atom.